The number of nitrogens with zero attached hydrogens (tertiary/aromatic N) is 1. The van der Waals surface area contributed by atoms with Crippen molar-refractivity contribution in [2.45, 2.75) is 0 Å². The molecule has 1 rings (SSSR count). The van der Waals surface area contributed by atoms with Gasteiger partial charge >= 0.3 is 0 Å². The van der Waals surface area contributed by atoms with Crippen LogP contribution in [-0.4, -0.2) is 17.9 Å². The summed E-state index contributed by atoms with van der Waals surface area (Å²) in [6.45, 7) is 4.01. The van der Waals surface area contributed by atoms with Gasteiger partial charge < -0.3 is 5.32 Å². The van der Waals surface area contributed by atoms with Crippen molar-refractivity contribution in [3.63, 3.8) is 0 Å². The lowest BCUT2D eigenvalue weighted by Gasteiger charge is -2.03. The molecule has 0 heterocycles. The fraction of sp³-hybridized carbons (Fsp3) is 0.0909. The van der Waals surface area contributed by atoms with Gasteiger partial charge in [0.15, 0.2) is 5.11 Å². The zero-order valence-corrected chi connectivity index (χ0v) is 9.73. The molecule has 0 amide bonds. The van der Waals surface area contributed by atoms with Crippen LogP contribution in [0.5, 0.6) is 0 Å². The van der Waals surface area contributed by atoms with Gasteiger partial charge in [-0.05, 0) is 24.4 Å². The largest absolute Gasteiger partial charge is 0.358 e. The van der Waals surface area contributed by atoms with Crippen LogP contribution in [0.25, 0.3) is 0 Å². The summed E-state index contributed by atoms with van der Waals surface area (Å²) in [5, 5.41) is 6.78. The van der Waals surface area contributed by atoms with E-state index in [0.29, 0.717) is 11.7 Å². The standard InChI is InChI=1S/C11H11F2N3S/c1-2-5-14-11(17)16-15-7-8-3-4-9(12)6-10(8)13/h2-4,6-7H,1,5H2,(H2,14,16,17)/b15-7-. The Kier molecular flexibility index (Phi) is 5.22. The van der Waals surface area contributed by atoms with Gasteiger partial charge in [0.2, 0.25) is 0 Å². The molecule has 2 N–H and O–H groups in total. The molecule has 1 aromatic rings. The Morgan fingerprint density at radius 2 is 2.24 bits per heavy atom. The summed E-state index contributed by atoms with van der Waals surface area (Å²) in [7, 11) is 0. The average molecular weight is 255 g/mol. The van der Waals surface area contributed by atoms with E-state index >= 15 is 0 Å². The highest BCUT2D eigenvalue weighted by atomic mass is 32.1. The Balaban J connectivity index is 2.53. The van der Waals surface area contributed by atoms with Crippen molar-refractivity contribution >= 4 is 23.5 Å². The van der Waals surface area contributed by atoms with Crippen molar-refractivity contribution < 1.29 is 8.78 Å². The summed E-state index contributed by atoms with van der Waals surface area (Å²) >= 11 is 4.85. The Morgan fingerprint density at radius 1 is 1.47 bits per heavy atom. The van der Waals surface area contributed by atoms with Crippen LogP contribution in [0.2, 0.25) is 0 Å². The normalized spacial score (nSPS) is 10.2. The Hall–Kier alpha value is -1.82. The molecular weight excluding hydrogens is 244 g/mol. The summed E-state index contributed by atoms with van der Waals surface area (Å²) in [5.74, 6) is -1.31. The summed E-state index contributed by atoms with van der Waals surface area (Å²) in [6, 6.07) is 3.23. The van der Waals surface area contributed by atoms with Crippen LogP contribution in [0.3, 0.4) is 0 Å². The highest BCUT2D eigenvalue weighted by Crippen LogP contribution is 2.06. The SMILES string of the molecule is C=CCNC(=S)N/N=C\c1ccc(F)cc1F. The van der Waals surface area contributed by atoms with Crippen LogP contribution < -0.4 is 10.7 Å². The average Bonchev–Trinajstić information content (AvgIpc) is 2.29. The fourth-order valence-electron chi connectivity index (χ4n) is 0.971. The first kappa shape index (κ1) is 13.2. The second-order valence-electron chi connectivity index (χ2n) is 3.03. The number of nitrogens with one attached hydrogen (secondary N) is 2. The van der Waals surface area contributed by atoms with Gasteiger partial charge in [0.1, 0.15) is 11.6 Å². The lowest BCUT2D eigenvalue weighted by molar-refractivity contribution is 0.582. The molecule has 0 fully saturated rings. The van der Waals surface area contributed by atoms with E-state index in [2.05, 4.69) is 22.4 Å². The number of hydrazone groups is 1. The number of hydrogen-bond acceptors (Lipinski definition) is 2. The van der Waals surface area contributed by atoms with Crippen molar-refractivity contribution in [3.8, 4) is 0 Å². The molecule has 0 spiro atoms. The second kappa shape index (κ2) is 6.70. The minimum absolute atomic E-state index is 0.172. The van der Waals surface area contributed by atoms with Crippen molar-refractivity contribution in [3.05, 3.63) is 48.1 Å². The van der Waals surface area contributed by atoms with E-state index in [0.717, 1.165) is 12.1 Å². The zero-order valence-electron chi connectivity index (χ0n) is 8.91. The Bertz CT molecular complexity index is 446. The van der Waals surface area contributed by atoms with E-state index in [9.17, 15) is 8.78 Å². The van der Waals surface area contributed by atoms with Crippen molar-refractivity contribution in [1.82, 2.24) is 10.7 Å². The number of thiocarbonyl (C=S) groups is 1. The summed E-state index contributed by atoms with van der Waals surface area (Å²) in [6.07, 6.45) is 2.86. The van der Waals surface area contributed by atoms with Gasteiger partial charge in [-0.3, -0.25) is 5.43 Å². The van der Waals surface area contributed by atoms with Crippen molar-refractivity contribution in [1.29, 1.82) is 0 Å². The summed E-state index contributed by atoms with van der Waals surface area (Å²) < 4.78 is 25.8. The van der Waals surface area contributed by atoms with Gasteiger partial charge in [0.05, 0.1) is 6.21 Å². The van der Waals surface area contributed by atoms with Crippen LogP contribution >= 0.6 is 12.2 Å². The molecule has 0 saturated heterocycles. The van der Waals surface area contributed by atoms with Gasteiger partial charge in [0.25, 0.3) is 0 Å². The minimum Gasteiger partial charge on any atom is -0.358 e. The summed E-state index contributed by atoms with van der Waals surface area (Å²) in [4.78, 5) is 0. The molecule has 0 aliphatic rings. The second-order valence-corrected chi connectivity index (χ2v) is 3.44. The van der Waals surface area contributed by atoms with Crippen LogP contribution in [-0.2, 0) is 0 Å². The predicted molar refractivity (Wildman–Crippen MR) is 67.9 cm³/mol. The maximum Gasteiger partial charge on any atom is 0.187 e. The van der Waals surface area contributed by atoms with Crippen LogP contribution in [0.15, 0.2) is 36.0 Å². The van der Waals surface area contributed by atoms with Gasteiger partial charge in [-0.1, -0.05) is 6.08 Å². The predicted octanol–water partition coefficient (Wildman–Crippen LogP) is 1.95. The lowest BCUT2D eigenvalue weighted by atomic mass is 10.2. The molecule has 0 bridgehead atoms. The molecule has 0 saturated carbocycles. The molecule has 6 heteroatoms. The van der Waals surface area contributed by atoms with Gasteiger partial charge in [-0.25, -0.2) is 8.78 Å². The van der Waals surface area contributed by atoms with E-state index < -0.39 is 11.6 Å². The summed E-state index contributed by atoms with van der Waals surface area (Å²) in [5.41, 5.74) is 2.66. The molecule has 0 aliphatic carbocycles. The zero-order chi connectivity index (χ0) is 12.7. The maximum absolute atomic E-state index is 13.2. The molecule has 0 atom stereocenters. The molecule has 90 valence electrons. The van der Waals surface area contributed by atoms with Crippen LogP contribution in [0.4, 0.5) is 8.78 Å². The molecule has 0 aromatic heterocycles. The molecular formula is C11H11F2N3S. The molecule has 17 heavy (non-hydrogen) atoms. The number of halogens is 2. The topological polar surface area (TPSA) is 36.4 Å². The van der Waals surface area contributed by atoms with E-state index in [1.165, 1.54) is 12.3 Å². The molecule has 0 unspecified atom stereocenters. The number of hydrogen-bond donors (Lipinski definition) is 2. The highest BCUT2D eigenvalue weighted by molar-refractivity contribution is 7.80. The van der Waals surface area contributed by atoms with Crippen LogP contribution in [0, 0.1) is 11.6 Å². The van der Waals surface area contributed by atoms with E-state index in [4.69, 9.17) is 12.2 Å². The molecule has 3 nitrogen and oxygen atoms in total. The first-order valence-electron chi connectivity index (χ1n) is 4.76. The minimum atomic E-state index is -0.680. The lowest BCUT2D eigenvalue weighted by Crippen LogP contribution is -2.31. The highest BCUT2D eigenvalue weighted by Gasteiger charge is 2.00. The number of rotatable bonds is 4. The first-order chi connectivity index (χ1) is 8.13. The monoisotopic (exact) mass is 255 g/mol. The Morgan fingerprint density at radius 3 is 2.88 bits per heavy atom. The fourth-order valence-corrected chi connectivity index (χ4v) is 1.11. The van der Waals surface area contributed by atoms with Crippen molar-refractivity contribution in [2.75, 3.05) is 6.54 Å². The van der Waals surface area contributed by atoms with Gasteiger partial charge in [0, 0.05) is 18.2 Å². The first-order valence-corrected chi connectivity index (χ1v) is 5.17. The van der Waals surface area contributed by atoms with Crippen molar-refractivity contribution in [2.24, 2.45) is 5.10 Å². The number of benzene rings is 1. The third-order valence-corrected chi connectivity index (χ3v) is 1.97. The van der Waals surface area contributed by atoms with Crippen LogP contribution in [0.1, 0.15) is 5.56 Å². The van der Waals surface area contributed by atoms with Gasteiger partial charge in [-0.2, -0.15) is 5.10 Å². The molecule has 1 aromatic carbocycles. The smallest absolute Gasteiger partial charge is 0.187 e. The third kappa shape index (κ3) is 4.69. The Labute approximate surface area is 103 Å². The molecule has 0 aliphatic heterocycles. The van der Waals surface area contributed by atoms with E-state index in [1.807, 2.05) is 0 Å². The van der Waals surface area contributed by atoms with E-state index in [1.54, 1.807) is 6.08 Å². The van der Waals surface area contributed by atoms with Gasteiger partial charge in [-0.15, -0.1) is 6.58 Å². The maximum atomic E-state index is 13.2. The molecule has 0 radical (unpaired) electrons. The quantitative estimate of drug-likeness (QED) is 0.374. The van der Waals surface area contributed by atoms with E-state index in [-0.39, 0.29) is 5.56 Å². The third-order valence-electron chi connectivity index (χ3n) is 1.74.